The average Bonchev–Trinajstić information content (AvgIpc) is 3.24. The van der Waals surface area contributed by atoms with Gasteiger partial charge in [0, 0.05) is 25.6 Å². The van der Waals surface area contributed by atoms with E-state index >= 15 is 0 Å². The molecule has 0 unspecified atom stereocenters. The number of hydrogen-bond acceptors (Lipinski definition) is 7. The molecule has 3 aliphatic rings. The fraction of sp³-hybridized carbons (Fsp3) is 0.441. The van der Waals surface area contributed by atoms with Crippen LogP contribution in [-0.2, 0) is 23.8 Å². The van der Waals surface area contributed by atoms with Crippen LogP contribution in [0.2, 0.25) is 6.32 Å². The molecule has 44 heavy (non-hydrogen) atoms. The molecule has 10 heteroatoms. The number of aliphatic carboxylic acids is 1. The van der Waals surface area contributed by atoms with E-state index in [0.717, 1.165) is 22.3 Å². The number of likely N-dealkylation sites (tertiary alicyclic amines) is 1. The summed E-state index contributed by atoms with van der Waals surface area (Å²) in [5.41, 5.74) is 4.61. The number of fused-ring (bicyclic) bond motifs is 3. The molecule has 4 atom stereocenters. The third-order valence-electron chi connectivity index (χ3n) is 9.08. The second-order valence-electron chi connectivity index (χ2n) is 11.9. The number of carboxylic acids is 1. The predicted molar refractivity (Wildman–Crippen MR) is 166 cm³/mol. The Morgan fingerprint density at radius 2 is 1.77 bits per heavy atom. The summed E-state index contributed by atoms with van der Waals surface area (Å²) in [7, 11) is 0.530. The summed E-state index contributed by atoms with van der Waals surface area (Å²) in [6, 6.07) is 17.1. The Labute approximate surface area is 258 Å². The van der Waals surface area contributed by atoms with Gasteiger partial charge in [-0.05, 0) is 78.8 Å². The molecule has 3 N–H and O–H groups in total. The Morgan fingerprint density at radius 3 is 2.50 bits per heavy atom. The number of carbonyl (C=O) groups is 3. The van der Waals surface area contributed by atoms with Gasteiger partial charge in [0.25, 0.3) is 0 Å². The van der Waals surface area contributed by atoms with E-state index in [2.05, 4.69) is 0 Å². The Morgan fingerprint density at radius 1 is 1.02 bits per heavy atom. The van der Waals surface area contributed by atoms with Crippen molar-refractivity contribution in [3.05, 3.63) is 76.9 Å². The summed E-state index contributed by atoms with van der Waals surface area (Å²) < 4.78 is 11.7. The number of phenols is 1. The minimum Gasteiger partial charge on any atom is -0.507 e. The van der Waals surface area contributed by atoms with E-state index in [4.69, 9.17) is 14.5 Å². The smallest absolute Gasteiger partial charge is 0.455 e. The van der Waals surface area contributed by atoms with Crippen LogP contribution in [0.4, 0.5) is 0 Å². The van der Waals surface area contributed by atoms with Gasteiger partial charge in [-0.25, -0.2) is 0 Å². The van der Waals surface area contributed by atoms with Gasteiger partial charge in [-0.2, -0.15) is 0 Å². The summed E-state index contributed by atoms with van der Waals surface area (Å²) in [5, 5.41) is 30.2. The Bertz CT molecular complexity index is 1420. The van der Waals surface area contributed by atoms with Crippen molar-refractivity contribution < 1.29 is 39.0 Å². The molecule has 2 saturated heterocycles. The fourth-order valence-corrected chi connectivity index (χ4v) is 7.12. The van der Waals surface area contributed by atoms with E-state index in [1.807, 2.05) is 48.5 Å². The monoisotopic (exact) mass is 601 g/mol. The summed E-state index contributed by atoms with van der Waals surface area (Å²) in [6.07, 6.45) is 4.97. The number of aromatic hydroxyl groups is 1. The highest BCUT2D eigenvalue weighted by Crippen LogP contribution is 2.51. The highest BCUT2D eigenvalue weighted by atomic mass is 16.5. The summed E-state index contributed by atoms with van der Waals surface area (Å²) in [4.78, 5) is 39.4. The molecule has 1 aliphatic carbocycles. The van der Waals surface area contributed by atoms with Crippen LogP contribution in [0.5, 0.6) is 5.75 Å². The van der Waals surface area contributed by atoms with Crippen molar-refractivity contribution in [2.24, 2.45) is 17.8 Å². The minimum absolute atomic E-state index is 0.0653. The van der Waals surface area contributed by atoms with E-state index in [1.165, 1.54) is 4.90 Å². The fourth-order valence-electron chi connectivity index (χ4n) is 7.12. The van der Waals surface area contributed by atoms with Gasteiger partial charge in [0.15, 0.2) is 0 Å². The van der Waals surface area contributed by atoms with E-state index in [1.54, 1.807) is 19.2 Å². The SMILES string of the molecule is COCC1=C2[C@@H](CC/C(=C/c3ccccc3O)c3ccccc3)OB(O)C[C@@H]2[C@@H]2C(=O)N(CCCCCC(=O)O)C(=O)[C@@H]2C1. The Kier molecular flexibility index (Phi) is 10.4. The van der Waals surface area contributed by atoms with Gasteiger partial charge >= 0.3 is 13.1 Å². The first-order valence-corrected chi connectivity index (χ1v) is 15.4. The van der Waals surface area contributed by atoms with E-state index < -0.39 is 31.0 Å². The molecule has 0 saturated carbocycles. The topological polar surface area (TPSA) is 134 Å². The molecule has 0 aromatic heterocycles. The first-order valence-electron chi connectivity index (χ1n) is 15.4. The molecule has 2 heterocycles. The molecule has 2 amide bonds. The summed E-state index contributed by atoms with van der Waals surface area (Å²) in [5.74, 6) is -2.50. The molecule has 2 aromatic rings. The quantitative estimate of drug-likeness (QED) is 0.0981. The molecule has 9 nitrogen and oxygen atoms in total. The van der Waals surface area contributed by atoms with Gasteiger partial charge in [0.1, 0.15) is 5.75 Å². The van der Waals surface area contributed by atoms with E-state index in [0.29, 0.717) is 50.7 Å². The maximum Gasteiger partial charge on any atom is 0.455 e. The molecular weight excluding hydrogens is 561 g/mol. The van der Waals surface area contributed by atoms with Gasteiger partial charge in [-0.3, -0.25) is 19.3 Å². The zero-order chi connectivity index (χ0) is 31.2. The van der Waals surface area contributed by atoms with Crippen LogP contribution in [0.25, 0.3) is 11.6 Å². The highest BCUT2D eigenvalue weighted by Gasteiger charge is 2.57. The van der Waals surface area contributed by atoms with Crippen molar-refractivity contribution in [1.29, 1.82) is 0 Å². The van der Waals surface area contributed by atoms with Crippen molar-refractivity contribution in [1.82, 2.24) is 4.90 Å². The van der Waals surface area contributed by atoms with Crippen LogP contribution in [0.15, 0.2) is 65.7 Å². The number of rotatable bonds is 13. The number of carbonyl (C=O) groups excluding carboxylic acids is 2. The lowest BCUT2D eigenvalue weighted by Gasteiger charge is -2.43. The standard InChI is InChI=1S/C34H40BNO8/c1-43-21-25-19-26-32(34(41)36(33(26)40)17-9-3-6-14-30(38)39)27-20-35(42)44-29(31(25)27)16-15-23(22-10-4-2-5-11-22)18-24-12-7-8-13-28(24)37/h2,4-5,7-8,10-13,18,26-27,29,32,37,42H,3,6,9,14-17,19-21H2,1H3,(H,38,39)/b23-18-/t26-,27+,29-,32-/m1/s1. The molecule has 232 valence electrons. The number of imide groups is 1. The number of methoxy groups -OCH3 is 1. The Hall–Kier alpha value is -3.73. The number of benzene rings is 2. The second-order valence-corrected chi connectivity index (χ2v) is 11.9. The van der Waals surface area contributed by atoms with Crippen molar-refractivity contribution in [2.75, 3.05) is 20.3 Å². The number of nitrogens with zero attached hydrogens (tertiary/aromatic N) is 1. The van der Waals surface area contributed by atoms with Crippen molar-refractivity contribution in [3.63, 3.8) is 0 Å². The summed E-state index contributed by atoms with van der Waals surface area (Å²) >= 11 is 0. The lowest BCUT2D eigenvalue weighted by Crippen LogP contribution is -2.46. The minimum atomic E-state index is -1.08. The van der Waals surface area contributed by atoms with Crippen molar-refractivity contribution >= 4 is 36.6 Å². The highest BCUT2D eigenvalue weighted by molar-refractivity contribution is 6.43. The van der Waals surface area contributed by atoms with Crippen LogP contribution in [-0.4, -0.2) is 71.4 Å². The molecule has 0 spiro atoms. The number of phenolic OH excluding ortho intramolecular Hbond substituents is 1. The largest absolute Gasteiger partial charge is 0.507 e. The first kappa shape index (κ1) is 31.7. The zero-order valence-electron chi connectivity index (χ0n) is 25.1. The molecular formula is C34H40BNO8. The number of ether oxygens (including phenoxy) is 1. The average molecular weight is 602 g/mol. The van der Waals surface area contributed by atoms with Gasteiger partial charge in [-0.1, -0.05) is 55.0 Å². The third-order valence-corrected chi connectivity index (χ3v) is 9.08. The van der Waals surface area contributed by atoms with Crippen LogP contribution >= 0.6 is 0 Å². The van der Waals surface area contributed by atoms with E-state index in [-0.39, 0.29) is 42.8 Å². The zero-order valence-corrected chi connectivity index (χ0v) is 25.1. The number of carboxylic acid groups (broad SMARTS) is 1. The lowest BCUT2D eigenvalue weighted by atomic mass is 9.58. The van der Waals surface area contributed by atoms with Crippen molar-refractivity contribution in [2.45, 2.75) is 57.4 Å². The van der Waals surface area contributed by atoms with Crippen LogP contribution in [0.1, 0.15) is 56.1 Å². The van der Waals surface area contributed by atoms with Crippen molar-refractivity contribution in [3.8, 4) is 5.75 Å². The maximum atomic E-state index is 13.7. The molecule has 0 bridgehead atoms. The number of amides is 2. The number of para-hydroxylation sites is 1. The van der Waals surface area contributed by atoms with Gasteiger partial charge in [0.05, 0.1) is 24.5 Å². The van der Waals surface area contributed by atoms with Gasteiger partial charge in [0.2, 0.25) is 11.8 Å². The maximum absolute atomic E-state index is 13.7. The summed E-state index contributed by atoms with van der Waals surface area (Å²) in [6.45, 7) is 0.576. The van der Waals surface area contributed by atoms with Crippen LogP contribution in [0, 0.1) is 17.8 Å². The second kappa shape index (κ2) is 14.4. The molecule has 0 radical (unpaired) electrons. The molecule has 5 rings (SSSR count). The third kappa shape index (κ3) is 6.98. The lowest BCUT2D eigenvalue weighted by molar-refractivity contribution is -0.141. The number of hydrogen-bond donors (Lipinski definition) is 3. The Balaban J connectivity index is 1.39. The molecule has 2 aromatic carbocycles. The van der Waals surface area contributed by atoms with Gasteiger partial charge in [-0.15, -0.1) is 0 Å². The first-order chi connectivity index (χ1) is 21.3. The molecule has 2 aliphatic heterocycles. The molecule has 2 fully saturated rings. The predicted octanol–water partition coefficient (Wildman–Crippen LogP) is 4.80. The normalized spacial score (nSPS) is 23.6. The van der Waals surface area contributed by atoms with E-state index in [9.17, 15) is 24.5 Å². The number of allylic oxidation sites excluding steroid dienone is 1. The number of unbranched alkanes of at least 4 members (excludes halogenated alkanes) is 2. The van der Waals surface area contributed by atoms with Gasteiger partial charge < -0.3 is 24.6 Å². The van der Waals surface area contributed by atoms with Crippen LogP contribution < -0.4 is 0 Å². The van der Waals surface area contributed by atoms with Crippen LogP contribution in [0.3, 0.4) is 0 Å².